The van der Waals surface area contributed by atoms with Gasteiger partial charge in [-0.2, -0.15) is 5.26 Å². The number of benzene rings is 1. The van der Waals surface area contributed by atoms with E-state index >= 15 is 0 Å². The molecule has 0 N–H and O–H groups in total. The minimum atomic E-state index is 0.0643. The van der Waals surface area contributed by atoms with Crippen LogP contribution in [0.1, 0.15) is 32.8 Å². The fourth-order valence-electron chi connectivity index (χ4n) is 1.76. The molecule has 1 aromatic rings. The summed E-state index contributed by atoms with van der Waals surface area (Å²) in [5.41, 5.74) is 0.806. The second kappa shape index (κ2) is 6.93. The molecule has 0 radical (unpaired) electrons. The number of rotatable bonds is 5. The minimum absolute atomic E-state index is 0.0643. The van der Waals surface area contributed by atoms with Crippen LogP contribution in [0.2, 0.25) is 0 Å². The zero-order valence-corrected chi connectivity index (χ0v) is 13.5. The van der Waals surface area contributed by atoms with Crippen molar-refractivity contribution in [1.82, 2.24) is 0 Å². The number of hydrogen-bond donors (Lipinski definition) is 0. The number of halogens is 1. The normalized spacial score (nSPS) is 12.8. The molecule has 0 fully saturated rings. The van der Waals surface area contributed by atoms with Crippen LogP contribution in [-0.4, -0.2) is 19.8 Å². The highest BCUT2D eigenvalue weighted by atomic mass is 79.9. The van der Waals surface area contributed by atoms with Crippen LogP contribution in [0.5, 0.6) is 5.75 Å². The van der Waals surface area contributed by atoms with E-state index in [0.717, 1.165) is 16.6 Å². The van der Waals surface area contributed by atoms with E-state index in [0.29, 0.717) is 12.2 Å². The Labute approximate surface area is 123 Å². The van der Waals surface area contributed by atoms with E-state index in [4.69, 9.17) is 14.7 Å². The SMILES string of the molecule is COC(COc1ccc(C#N)c(Br)c1)CC(C)(C)C. The molecule has 104 valence electrons. The Bertz CT molecular complexity index is 460. The van der Waals surface area contributed by atoms with Gasteiger partial charge >= 0.3 is 0 Å². The molecule has 19 heavy (non-hydrogen) atoms. The first-order chi connectivity index (χ1) is 8.85. The van der Waals surface area contributed by atoms with E-state index in [9.17, 15) is 0 Å². The average Bonchev–Trinajstić information content (AvgIpc) is 2.33. The van der Waals surface area contributed by atoms with Crippen LogP contribution in [0.25, 0.3) is 0 Å². The number of nitriles is 1. The maximum Gasteiger partial charge on any atom is 0.120 e. The van der Waals surface area contributed by atoms with Crippen molar-refractivity contribution in [3.8, 4) is 11.8 Å². The topological polar surface area (TPSA) is 42.2 Å². The fourth-order valence-corrected chi connectivity index (χ4v) is 2.21. The Hall–Kier alpha value is -1.05. The summed E-state index contributed by atoms with van der Waals surface area (Å²) in [6.45, 7) is 7.04. The summed E-state index contributed by atoms with van der Waals surface area (Å²) < 4.78 is 11.9. The monoisotopic (exact) mass is 325 g/mol. The molecule has 0 aliphatic rings. The maximum absolute atomic E-state index is 8.85. The average molecular weight is 326 g/mol. The molecular formula is C15H20BrNO2. The predicted molar refractivity (Wildman–Crippen MR) is 79.2 cm³/mol. The van der Waals surface area contributed by atoms with Crippen molar-refractivity contribution in [2.75, 3.05) is 13.7 Å². The second-order valence-corrected chi connectivity index (χ2v) is 6.54. The molecule has 4 heteroatoms. The Balaban J connectivity index is 2.61. The van der Waals surface area contributed by atoms with Gasteiger partial charge in [0, 0.05) is 11.6 Å². The van der Waals surface area contributed by atoms with Gasteiger partial charge in [0.05, 0.1) is 11.7 Å². The Kier molecular flexibility index (Phi) is 5.84. The van der Waals surface area contributed by atoms with E-state index in [1.807, 2.05) is 6.07 Å². The van der Waals surface area contributed by atoms with Gasteiger partial charge in [-0.3, -0.25) is 0 Å². The molecule has 0 saturated heterocycles. The zero-order valence-electron chi connectivity index (χ0n) is 11.9. The van der Waals surface area contributed by atoms with E-state index < -0.39 is 0 Å². The van der Waals surface area contributed by atoms with Gasteiger partial charge in [0.2, 0.25) is 0 Å². The van der Waals surface area contributed by atoms with Gasteiger partial charge in [-0.15, -0.1) is 0 Å². The number of ether oxygens (including phenoxy) is 2. The molecule has 0 saturated carbocycles. The lowest BCUT2D eigenvalue weighted by atomic mass is 9.89. The van der Waals surface area contributed by atoms with Crippen molar-refractivity contribution >= 4 is 15.9 Å². The quantitative estimate of drug-likeness (QED) is 0.816. The van der Waals surface area contributed by atoms with Crippen molar-refractivity contribution in [3.05, 3.63) is 28.2 Å². The summed E-state index contributed by atoms with van der Waals surface area (Å²) in [5.74, 6) is 0.738. The smallest absolute Gasteiger partial charge is 0.120 e. The van der Waals surface area contributed by atoms with Gasteiger partial charge in [-0.25, -0.2) is 0 Å². The van der Waals surface area contributed by atoms with E-state index in [1.54, 1.807) is 19.2 Å². The van der Waals surface area contributed by atoms with E-state index in [1.165, 1.54) is 0 Å². The summed E-state index contributed by atoms with van der Waals surface area (Å²) in [6.07, 6.45) is 0.996. The predicted octanol–water partition coefficient (Wildman–Crippen LogP) is 4.15. The Morgan fingerprint density at radius 1 is 1.37 bits per heavy atom. The van der Waals surface area contributed by atoms with Crippen molar-refractivity contribution in [1.29, 1.82) is 5.26 Å². The first-order valence-corrected chi connectivity index (χ1v) is 7.00. The molecule has 0 aliphatic heterocycles. The van der Waals surface area contributed by atoms with Crippen molar-refractivity contribution < 1.29 is 9.47 Å². The molecule has 0 aromatic heterocycles. The summed E-state index contributed by atoms with van der Waals surface area (Å²) in [5, 5.41) is 8.85. The van der Waals surface area contributed by atoms with E-state index in [2.05, 4.69) is 42.8 Å². The van der Waals surface area contributed by atoms with Crippen molar-refractivity contribution in [2.45, 2.75) is 33.3 Å². The maximum atomic E-state index is 8.85. The van der Waals surface area contributed by atoms with Gasteiger partial charge in [0.25, 0.3) is 0 Å². The molecule has 1 atom stereocenters. The van der Waals surface area contributed by atoms with Crippen LogP contribution in [0.4, 0.5) is 0 Å². The lowest BCUT2D eigenvalue weighted by molar-refractivity contribution is 0.0294. The first kappa shape index (κ1) is 16.0. The molecule has 0 amide bonds. The molecule has 1 rings (SSSR count). The summed E-state index contributed by atoms with van der Waals surface area (Å²) >= 11 is 3.35. The largest absolute Gasteiger partial charge is 0.491 e. The number of hydrogen-bond acceptors (Lipinski definition) is 3. The molecule has 0 spiro atoms. The van der Waals surface area contributed by atoms with Crippen LogP contribution >= 0.6 is 15.9 Å². The Morgan fingerprint density at radius 2 is 2.05 bits per heavy atom. The third kappa shape index (κ3) is 5.63. The fraction of sp³-hybridized carbons (Fsp3) is 0.533. The highest BCUT2D eigenvalue weighted by molar-refractivity contribution is 9.10. The van der Waals surface area contributed by atoms with Crippen LogP contribution in [-0.2, 0) is 4.74 Å². The van der Waals surface area contributed by atoms with Crippen LogP contribution in [0.15, 0.2) is 22.7 Å². The summed E-state index contributed by atoms with van der Waals surface area (Å²) in [6, 6.07) is 7.45. The van der Waals surface area contributed by atoms with Gasteiger partial charge in [0.1, 0.15) is 18.4 Å². The Morgan fingerprint density at radius 3 is 2.53 bits per heavy atom. The molecular weight excluding hydrogens is 306 g/mol. The van der Waals surface area contributed by atoms with Crippen molar-refractivity contribution in [2.24, 2.45) is 5.41 Å². The van der Waals surface area contributed by atoms with E-state index in [-0.39, 0.29) is 11.5 Å². The summed E-state index contributed by atoms with van der Waals surface area (Å²) in [4.78, 5) is 0. The molecule has 1 unspecified atom stereocenters. The van der Waals surface area contributed by atoms with Gasteiger partial charge in [0.15, 0.2) is 0 Å². The summed E-state index contributed by atoms with van der Waals surface area (Å²) in [7, 11) is 1.70. The highest BCUT2D eigenvalue weighted by Crippen LogP contribution is 2.25. The number of nitrogens with zero attached hydrogens (tertiary/aromatic N) is 1. The third-order valence-electron chi connectivity index (χ3n) is 2.67. The van der Waals surface area contributed by atoms with Crippen molar-refractivity contribution in [3.63, 3.8) is 0 Å². The molecule has 1 aromatic carbocycles. The molecule has 0 bridgehead atoms. The van der Waals surface area contributed by atoms with Gasteiger partial charge in [-0.1, -0.05) is 20.8 Å². The molecule has 3 nitrogen and oxygen atoms in total. The minimum Gasteiger partial charge on any atom is -0.491 e. The molecule has 0 aliphatic carbocycles. The zero-order chi connectivity index (χ0) is 14.5. The second-order valence-electron chi connectivity index (χ2n) is 5.69. The van der Waals surface area contributed by atoms with Crippen LogP contribution in [0, 0.1) is 16.7 Å². The first-order valence-electron chi connectivity index (χ1n) is 6.21. The highest BCUT2D eigenvalue weighted by Gasteiger charge is 2.19. The third-order valence-corrected chi connectivity index (χ3v) is 3.33. The molecule has 0 heterocycles. The van der Waals surface area contributed by atoms with Gasteiger partial charge in [-0.05, 0) is 46.0 Å². The number of methoxy groups -OCH3 is 1. The lowest BCUT2D eigenvalue weighted by Gasteiger charge is -2.25. The van der Waals surface area contributed by atoms with Crippen LogP contribution in [0.3, 0.4) is 0 Å². The van der Waals surface area contributed by atoms with Crippen LogP contribution < -0.4 is 4.74 Å². The lowest BCUT2D eigenvalue weighted by Crippen LogP contribution is -2.26. The van der Waals surface area contributed by atoms with Gasteiger partial charge < -0.3 is 9.47 Å². The standard InChI is InChI=1S/C15H20BrNO2/c1-15(2,3)8-13(18-4)10-19-12-6-5-11(9-17)14(16)7-12/h5-7,13H,8,10H2,1-4H3.